The number of aromatic nitrogens is 1. The first-order valence-electron chi connectivity index (χ1n) is 10.3. The number of ether oxygens (including phenoxy) is 1. The minimum absolute atomic E-state index is 0.0291. The lowest BCUT2D eigenvalue weighted by atomic mass is 9.97. The number of aliphatic hydroxyl groups is 1. The van der Waals surface area contributed by atoms with Gasteiger partial charge in [-0.25, -0.2) is 4.79 Å². The van der Waals surface area contributed by atoms with Crippen LogP contribution in [-0.4, -0.2) is 57.7 Å². The normalized spacial score (nSPS) is 15.6. The fraction of sp³-hybridized carbons (Fsp3) is 0.391. The van der Waals surface area contributed by atoms with Gasteiger partial charge in [-0.05, 0) is 62.1 Å². The van der Waals surface area contributed by atoms with Crippen LogP contribution < -0.4 is 4.74 Å². The average molecular weight is 426 g/mol. The molecule has 0 radical (unpaired) electrons. The Balaban J connectivity index is 1.66. The number of urea groups is 1. The van der Waals surface area contributed by atoms with Gasteiger partial charge < -0.3 is 14.7 Å². The number of carbonyl (C=O) groups is 1. The third kappa shape index (κ3) is 3.91. The van der Waals surface area contributed by atoms with E-state index in [4.69, 9.17) is 4.74 Å². The van der Waals surface area contributed by atoms with E-state index in [2.05, 4.69) is 23.2 Å². The molecular formula is C23H27N3O3S. The number of amides is 2. The Morgan fingerprint density at radius 2 is 2.17 bits per heavy atom. The molecule has 30 heavy (non-hydrogen) atoms. The second-order valence-electron chi connectivity index (χ2n) is 7.77. The molecule has 1 aromatic heterocycles. The number of fused-ring (bicyclic) bond motifs is 2. The van der Waals surface area contributed by atoms with E-state index in [1.54, 1.807) is 15.4 Å². The average Bonchev–Trinajstić information content (AvgIpc) is 3.08. The fourth-order valence-electron chi connectivity index (χ4n) is 3.92. The maximum atomic E-state index is 13.1. The number of rotatable bonds is 4. The van der Waals surface area contributed by atoms with Crippen molar-refractivity contribution in [3.8, 4) is 16.9 Å². The highest BCUT2D eigenvalue weighted by molar-refractivity contribution is 8.01. The van der Waals surface area contributed by atoms with E-state index in [9.17, 15) is 9.90 Å². The SMILES string of the molecule is Cc1ncccc1-c1ccc2c(c1)C1=C(CCO2)SN(C(=O)N(CCO)C(C)C)C1. The second-order valence-corrected chi connectivity index (χ2v) is 8.88. The monoisotopic (exact) mass is 425 g/mol. The molecule has 7 heteroatoms. The molecule has 2 aromatic rings. The molecule has 0 fully saturated rings. The minimum Gasteiger partial charge on any atom is -0.493 e. The van der Waals surface area contributed by atoms with Gasteiger partial charge in [-0.2, -0.15) is 0 Å². The summed E-state index contributed by atoms with van der Waals surface area (Å²) in [5, 5.41) is 9.36. The number of pyridine rings is 1. The van der Waals surface area contributed by atoms with Crippen molar-refractivity contribution in [3.05, 3.63) is 52.7 Å². The van der Waals surface area contributed by atoms with Crippen molar-refractivity contribution in [1.82, 2.24) is 14.2 Å². The van der Waals surface area contributed by atoms with Crippen molar-refractivity contribution in [1.29, 1.82) is 0 Å². The Hall–Kier alpha value is -2.51. The zero-order chi connectivity index (χ0) is 21.3. The van der Waals surface area contributed by atoms with Crippen LogP contribution in [0.25, 0.3) is 16.7 Å². The predicted molar refractivity (Wildman–Crippen MR) is 120 cm³/mol. The largest absolute Gasteiger partial charge is 0.493 e. The molecule has 6 nitrogen and oxygen atoms in total. The van der Waals surface area contributed by atoms with E-state index in [0.717, 1.165) is 40.1 Å². The smallest absolute Gasteiger partial charge is 0.330 e. The van der Waals surface area contributed by atoms with Crippen LogP contribution in [0.4, 0.5) is 4.79 Å². The summed E-state index contributed by atoms with van der Waals surface area (Å²) in [4.78, 5) is 20.4. The Kier molecular flexibility index (Phi) is 6.01. The van der Waals surface area contributed by atoms with Gasteiger partial charge in [0.2, 0.25) is 0 Å². The zero-order valence-corrected chi connectivity index (χ0v) is 18.4. The Labute approximate surface area is 181 Å². The Bertz CT molecular complexity index is 989. The number of carbonyl (C=O) groups excluding carboxylic acids is 1. The van der Waals surface area contributed by atoms with Crippen LogP contribution in [0.1, 0.15) is 31.5 Å². The third-order valence-corrected chi connectivity index (χ3v) is 6.67. The van der Waals surface area contributed by atoms with E-state index in [1.165, 1.54) is 16.9 Å². The first kappa shape index (κ1) is 20.8. The second kappa shape index (κ2) is 8.70. The van der Waals surface area contributed by atoms with Gasteiger partial charge in [-0.3, -0.25) is 9.29 Å². The molecule has 0 saturated heterocycles. The summed E-state index contributed by atoms with van der Waals surface area (Å²) >= 11 is 1.50. The van der Waals surface area contributed by atoms with E-state index in [1.807, 2.05) is 32.9 Å². The molecule has 158 valence electrons. The first-order chi connectivity index (χ1) is 14.5. The predicted octanol–water partition coefficient (Wildman–Crippen LogP) is 4.34. The lowest BCUT2D eigenvalue weighted by Crippen LogP contribution is -2.44. The summed E-state index contributed by atoms with van der Waals surface area (Å²) in [6.07, 6.45) is 2.58. The van der Waals surface area contributed by atoms with Gasteiger partial charge in [-0.1, -0.05) is 12.1 Å². The minimum atomic E-state index is -0.0566. The summed E-state index contributed by atoms with van der Waals surface area (Å²) in [6.45, 7) is 7.37. The van der Waals surface area contributed by atoms with Gasteiger partial charge in [-0.15, -0.1) is 0 Å². The van der Waals surface area contributed by atoms with E-state index in [-0.39, 0.29) is 18.7 Å². The molecule has 2 aliphatic heterocycles. The van der Waals surface area contributed by atoms with Crippen LogP contribution in [0.3, 0.4) is 0 Å². The molecule has 4 rings (SSSR count). The molecule has 2 amide bonds. The maximum absolute atomic E-state index is 13.1. The van der Waals surface area contributed by atoms with E-state index < -0.39 is 0 Å². The number of nitrogens with zero attached hydrogens (tertiary/aromatic N) is 3. The fourth-order valence-corrected chi connectivity index (χ4v) is 5.02. The molecule has 1 aromatic carbocycles. The molecule has 0 aliphatic carbocycles. The van der Waals surface area contributed by atoms with E-state index in [0.29, 0.717) is 19.7 Å². The highest BCUT2D eigenvalue weighted by Gasteiger charge is 2.34. The van der Waals surface area contributed by atoms with Crippen molar-refractivity contribution >= 4 is 23.6 Å². The highest BCUT2D eigenvalue weighted by atomic mass is 32.2. The van der Waals surface area contributed by atoms with Crippen molar-refractivity contribution in [2.45, 2.75) is 33.2 Å². The van der Waals surface area contributed by atoms with Crippen LogP contribution in [0.15, 0.2) is 41.4 Å². The molecule has 0 bridgehead atoms. The Morgan fingerprint density at radius 3 is 2.90 bits per heavy atom. The highest BCUT2D eigenvalue weighted by Crippen LogP contribution is 2.46. The molecule has 1 N–H and O–H groups in total. The number of hydrogen-bond acceptors (Lipinski definition) is 5. The molecule has 3 heterocycles. The molecule has 0 atom stereocenters. The van der Waals surface area contributed by atoms with Crippen molar-refractivity contribution in [3.63, 3.8) is 0 Å². The van der Waals surface area contributed by atoms with Gasteiger partial charge in [0.25, 0.3) is 0 Å². The van der Waals surface area contributed by atoms with Crippen molar-refractivity contribution in [2.75, 3.05) is 26.3 Å². The molecular weight excluding hydrogens is 398 g/mol. The molecule has 0 spiro atoms. The summed E-state index contributed by atoms with van der Waals surface area (Å²) in [5.41, 5.74) is 5.37. The molecule has 0 unspecified atom stereocenters. The van der Waals surface area contributed by atoms with Crippen LogP contribution in [-0.2, 0) is 0 Å². The number of aryl methyl sites for hydroxylation is 1. The van der Waals surface area contributed by atoms with Crippen LogP contribution in [0.2, 0.25) is 0 Å². The number of benzene rings is 1. The molecule has 2 aliphatic rings. The standard InChI is InChI=1S/C23H27N3O3S/c1-15(2)25(10-11-27)23(28)26-14-20-19-13-17(18-5-4-9-24-16(18)3)6-7-21(19)29-12-8-22(20)30-26/h4-7,9,13,15,27H,8,10-12,14H2,1-3H3. The van der Waals surface area contributed by atoms with Gasteiger partial charge in [0.15, 0.2) is 0 Å². The summed E-state index contributed by atoms with van der Waals surface area (Å²) in [7, 11) is 0. The Morgan fingerprint density at radius 1 is 1.33 bits per heavy atom. The summed E-state index contributed by atoms with van der Waals surface area (Å²) in [6, 6.07) is 10.2. The van der Waals surface area contributed by atoms with Crippen LogP contribution >= 0.6 is 11.9 Å². The van der Waals surface area contributed by atoms with Gasteiger partial charge in [0.05, 0.1) is 19.8 Å². The quantitative estimate of drug-likeness (QED) is 0.739. The maximum Gasteiger partial charge on any atom is 0.330 e. The zero-order valence-electron chi connectivity index (χ0n) is 17.6. The first-order valence-corrected chi connectivity index (χ1v) is 11.0. The van der Waals surface area contributed by atoms with E-state index >= 15 is 0 Å². The topological polar surface area (TPSA) is 65.9 Å². The van der Waals surface area contributed by atoms with Gasteiger partial charge >= 0.3 is 6.03 Å². The van der Waals surface area contributed by atoms with Crippen LogP contribution in [0.5, 0.6) is 5.75 Å². The number of hydrogen-bond donors (Lipinski definition) is 1. The van der Waals surface area contributed by atoms with Crippen molar-refractivity contribution < 1.29 is 14.6 Å². The van der Waals surface area contributed by atoms with Gasteiger partial charge in [0.1, 0.15) is 5.75 Å². The molecule has 0 saturated carbocycles. The lowest BCUT2D eigenvalue weighted by Gasteiger charge is -2.30. The summed E-state index contributed by atoms with van der Waals surface area (Å²) in [5.74, 6) is 0.858. The van der Waals surface area contributed by atoms with Crippen molar-refractivity contribution in [2.24, 2.45) is 0 Å². The number of aliphatic hydroxyl groups excluding tert-OH is 1. The lowest BCUT2D eigenvalue weighted by molar-refractivity contribution is 0.150. The van der Waals surface area contributed by atoms with Crippen LogP contribution in [0, 0.1) is 6.92 Å². The third-order valence-electron chi connectivity index (χ3n) is 5.49. The summed E-state index contributed by atoms with van der Waals surface area (Å²) < 4.78 is 7.81. The van der Waals surface area contributed by atoms with Gasteiger partial charge in [0, 0.05) is 46.9 Å².